The van der Waals surface area contributed by atoms with Crippen molar-refractivity contribution in [2.45, 2.75) is 19.9 Å². The minimum Gasteiger partial charge on any atom is -0.352 e. The van der Waals surface area contributed by atoms with Crippen LogP contribution in [0.2, 0.25) is 0 Å². The number of carbonyl (C=O) groups is 3. The molecular formula is C20H20N2O3. The third kappa shape index (κ3) is 3.31. The molecule has 1 heterocycles. The molecular weight excluding hydrogens is 316 g/mol. The van der Waals surface area contributed by atoms with Crippen molar-refractivity contribution in [1.82, 2.24) is 10.2 Å². The van der Waals surface area contributed by atoms with Crippen LogP contribution in [0.1, 0.15) is 44.8 Å². The van der Waals surface area contributed by atoms with Crippen LogP contribution in [0.3, 0.4) is 0 Å². The quantitative estimate of drug-likeness (QED) is 0.876. The number of ketones is 1. The number of amides is 2. The van der Waals surface area contributed by atoms with E-state index in [1.54, 1.807) is 29.2 Å². The first-order valence-electron chi connectivity index (χ1n) is 8.24. The van der Waals surface area contributed by atoms with Gasteiger partial charge < -0.3 is 10.2 Å². The number of hydrogen-bond donors (Lipinski definition) is 1. The lowest BCUT2D eigenvalue weighted by Crippen LogP contribution is -2.52. The SMILES string of the molecule is CC(=O)c1ccc(C(=O)N2CCNC(=O)[C@@H]2c2ccccc2C)cc1. The molecule has 0 unspecified atom stereocenters. The number of carbonyl (C=O) groups excluding carboxylic acids is 3. The summed E-state index contributed by atoms with van der Waals surface area (Å²) < 4.78 is 0. The fourth-order valence-corrected chi connectivity index (χ4v) is 3.10. The number of benzene rings is 2. The molecule has 1 saturated heterocycles. The molecule has 2 aromatic carbocycles. The smallest absolute Gasteiger partial charge is 0.254 e. The minimum atomic E-state index is -0.644. The second-order valence-electron chi connectivity index (χ2n) is 6.18. The molecule has 1 fully saturated rings. The highest BCUT2D eigenvalue weighted by molar-refractivity contribution is 6.00. The molecule has 0 spiro atoms. The lowest BCUT2D eigenvalue weighted by atomic mass is 9.97. The zero-order valence-electron chi connectivity index (χ0n) is 14.3. The molecule has 2 amide bonds. The van der Waals surface area contributed by atoms with Gasteiger partial charge in [-0.25, -0.2) is 0 Å². The van der Waals surface area contributed by atoms with Crippen LogP contribution in [0, 0.1) is 6.92 Å². The third-order valence-corrected chi connectivity index (χ3v) is 4.49. The molecule has 0 aromatic heterocycles. The number of hydrogen-bond acceptors (Lipinski definition) is 3. The Morgan fingerprint density at radius 3 is 2.32 bits per heavy atom. The van der Waals surface area contributed by atoms with Crippen molar-refractivity contribution in [3.63, 3.8) is 0 Å². The van der Waals surface area contributed by atoms with Gasteiger partial charge in [0, 0.05) is 24.2 Å². The average Bonchev–Trinajstić information content (AvgIpc) is 2.62. The minimum absolute atomic E-state index is 0.0471. The Morgan fingerprint density at radius 1 is 1.04 bits per heavy atom. The standard InChI is InChI=1S/C20H20N2O3/c1-13-5-3-4-6-17(13)18-19(24)21-11-12-22(18)20(25)16-9-7-15(8-10-16)14(2)23/h3-10,18H,11-12H2,1-2H3,(H,21,24)/t18-/m0/s1. The monoisotopic (exact) mass is 336 g/mol. The summed E-state index contributed by atoms with van der Waals surface area (Å²) >= 11 is 0. The number of Topliss-reactive ketones (excluding diaryl/α,β-unsaturated/α-hetero) is 1. The first-order valence-corrected chi connectivity index (χ1v) is 8.24. The van der Waals surface area contributed by atoms with Gasteiger partial charge in [-0.3, -0.25) is 14.4 Å². The van der Waals surface area contributed by atoms with Gasteiger partial charge in [-0.05, 0) is 37.1 Å². The van der Waals surface area contributed by atoms with Crippen LogP contribution in [-0.4, -0.2) is 35.6 Å². The highest BCUT2D eigenvalue weighted by Crippen LogP contribution is 2.27. The van der Waals surface area contributed by atoms with Crippen molar-refractivity contribution in [2.75, 3.05) is 13.1 Å². The Labute approximate surface area is 146 Å². The summed E-state index contributed by atoms with van der Waals surface area (Å²) in [7, 11) is 0. The first-order chi connectivity index (χ1) is 12.0. The molecule has 128 valence electrons. The van der Waals surface area contributed by atoms with Gasteiger partial charge in [-0.2, -0.15) is 0 Å². The highest BCUT2D eigenvalue weighted by Gasteiger charge is 2.35. The maximum atomic E-state index is 13.0. The number of rotatable bonds is 3. The van der Waals surface area contributed by atoms with E-state index in [9.17, 15) is 14.4 Å². The van der Waals surface area contributed by atoms with Gasteiger partial charge in [0.15, 0.2) is 5.78 Å². The zero-order valence-corrected chi connectivity index (χ0v) is 14.3. The molecule has 1 N–H and O–H groups in total. The van der Waals surface area contributed by atoms with Crippen LogP contribution < -0.4 is 5.32 Å². The lowest BCUT2D eigenvalue weighted by molar-refractivity contribution is -0.128. The Bertz CT molecular complexity index is 827. The molecule has 1 aliphatic heterocycles. The molecule has 0 bridgehead atoms. The van der Waals surface area contributed by atoms with E-state index in [2.05, 4.69) is 5.32 Å². The normalized spacial score (nSPS) is 17.1. The van der Waals surface area contributed by atoms with Crippen molar-refractivity contribution in [3.8, 4) is 0 Å². The number of piperazine rings is 1. The molecule has 5 heteroatoms. The molecule has 5 nitrogen and oxygen atoms in total. The second kappa shape index (κ2) is 6.89. The van der Waals surface area contributed by atoms with Crippen LogP contribution in [0.4, 0.5) is 0 Å². The molecule has 0 aliphatic carbocycles. The summed E-state index contributed by atoms with van der Waals surface area (Å²) in [6, 6.07) is 13.5. The largest absolute Gasteiger partial charge is 0.352 e. The number of aryl methyl sites for hydroxylation is 1. The van der Waals surface area contributed by atoms with E-state index in [1.165, 1.54) is 6.92 Å². The van der Waals surface area contributed by atoms with Crippen molar-refractivity contribution >= 4 is 17.6 Å². The van der Waals surface area contributed by atoms with E-state index in [-0.39, 0.29) is 17.6 Å². The zero-order chi connectivity index (χ0) is 18.0. The van der Waals surface area contributed by atoms with Crippen LogP contribution in [0.5, 0.6) is 0 Å². The summed E-state index contributed by atoms with van der Waals surface area (Å²) in [4.78, 5) is 38.5. The molecule has 1 atom stereocenters. The van der Waals surface area contributed by atoms with Crippen molar-refractivity contribution in [1.29, 1.82) is 0 Å². The van der Waals surface area contributed by atoms with E-state index >= 15 is 0 Å². The Morgan fingerprint density at radius 2 is 1.68 bits per heavy atom. The molecule has 2 aromatic rings. The number of nitrogens with one attached hydrogen (secondary N) is 1. The fraction of sp³-hybridized carbons (Fsp3) is 0.250. The molecule has 1 aliphatic rings. The van der Waals surface area contributed by atoms with Crippen LogP contribution in [-0.2, 0) is 4.79 Å². The predicted molar refractivity (Wildman–Crippen MR) is 94.4 cm³/mol. The topological polar surface area (TPSA) is 66.5 Å². The average molecular weight is 336 g/mol. The first kappa shape index (κ1) is 16.9. The molecule has 0 saturated carbocycles. The van der Waals surface area contributed by atoms with Crippen molar-refractivity contribution < 1.29 is 14.4 Å². The van der Waals surface area contributed by atoms with Crippen LogP contribution in [0.15, 0.2) is 48.5 Å². The summed E-state index contributed by atoms with van der Waals surface area (Å²) in [5.41, 5.74) is 2.82. The molecule has 3 rings (SSSR count). The lowest BCUT2D eigenvalue weighted by Gasteiger charge is -2.36. The maximum absolute atomic E-state index is 13.0. The van der Waals surface area contributed by atoms with Crippen molar-refractivity contribution in [2.24, 2.45) is 0 Å². The Kier molecular flexibility index (Phi) is 4.65. The Hall–Kier alpha value is -2.95. The van der Waals surface area contributed by atoms with Crippen LogP contribution >= 0.6 is 0 Å². The van der Waals surface area contributed by atoms with E-state index in [1.807, 2.05) is 31.2 Å². The second-order valence-corrected chi connectivity index (χ2v) is 6.18. The highest BCUT2D eigenvalue weighted by atomic mass is 16.2. The van der Waals surface area contributed by atoms with Gasteiger partial charge in [0.2, 0.25) is 5.91 Å². The van der Waals surface area contributed by atoms with Crippen molar-refractivity contribution in [3.05, 3.63) is 70.8 Å². The maximum Gasteiger partial charge on any atom is 0.254 e. The molecule has 25 heavy (non-hydrogen) atoms. The van der Waals surface area contributed by atoms with Crippen LogP contribution in [0.25, 0.3) is 0 Å². The van der Waals surface area contributed by atoms with Gasteiger partial charge in [0.05, 0.1) is 0 Å². The van der Waals surface area contributed by atoms with Gasteiger partial charge in [0.1, 0.15) is 6.04 Å². The summed E-state index contributed by atoms with van der Waals surface area (Å²) in [6.07, 6.45) is 0. The van der Waals surface area contributed by atoms with E-state index < -0.39 is 6.04 Å². The predicted octanol–water partition coefficient (Wildman–Crippen LogP) is 2.51. The molecule has 0 radical (unpaired) electrons. The number of nitrogens with zero attached hydrogens (tertiary/aromatic N) is 1. The van der Waals surface area contributed by atoms with Gasteiger partial charge in [0.25, 0.3) is 5.91 Å². The summed E-state index contributed by atoms with van der Waals surface area (Å²) in [5, 5.41) is 2.84. The summed E-state index contributed by atoms with van der Waals surface area (Å²) in [5.74, 6) is -0.429. The third-order valence-electron chi connectivity index (χ3n) is 4.49. The van der Waals surface area contributed by atoms with Gasteiger partial charge >= 0.3 is 0 Å². The van der Waals surface area contributed by atoms with Gasteiger partial charge in [-0.1, -0.05) is 36.4 Å². The van der Waals surface area contributed by atoms with Gasteiger partial charge in [-0.15, -0.1) is 0 Å². The summed E-state index contributed by atoms with van der Waals surface area (Å²) in [6.45, 7) is 4.29. The van der Waals surface area contributed by atoms with E-state index in [4.69, 9.17) is 0 Å². The van der Waals surface area contributed by atoms with E-state index in [0.717, 1.165) is 11.1 Å². The fourth-order valence-electron chi connectivity index (χ4n) is 3.10. The van der Waals surface area contributed by atoms with E-state index in [0.29, 0.717) is 24.2 Å². The Balaban J connectivity index is 1.95.